The summed E-state index contributed by atoms with van der Waals surface area (Å²) in [7, 11) is -3.68. The molecule has 1 heterocycles. The lowest BCUT2D eigenvalue weighted by atomic mass is 9.91. The molecule has 0 aliphatic heterocycles. The van der Waals surface area contributed by atoms with E-state index in [1.54, 1.807) is 0 Å². The number of rotatable bonds is 4. The number of benzene rings is 1. The Balaban J connectivity index is 1.78. The molecule has 2 unspecified atom stereocenters. The van der Waals surface area contributed by atoms with Gasteiger partial charge in [-0.1, -0.05) is 0 Å². The summed E-state index contributed by atoms with van der Waals surface area (Å²) in [5, 5.41) is 2.97. The van der Waals surface area contributed by atoms with Crippen LogP contribution in [0.1, 0.15) is 42.2 Å². The van der Waals surface area contributed by atoms with Gasteiger partial charge in [-0.3, -0.25) is 0 Å². The molecule has 0 amide bonds. The lowest BCUT2D eigenvalue weighted by molar-refractivity contribution is 0.474. The van der Waals surface area contributed by atoms with E-state index in [0.29, 0.717) is 5.69 Å². The SMILES string of the molecule is CS(=O)(=O)Oc1ncc(Nc2ccc(F)cc2F)c2c1C1CCC2C1. The van der Waals surface area contributed by atoms with Crippen molar-refractivity contribution in [2.24, 2.45) is 0 Å². The molecule has 2 aromatic rings. The predicted molar refractivity (Wildman–Crippen MR) is 88.7 cm³/mol. The van der Waals surface area contributed by atoms with Crippen LogP contribution in [0.4, 0.5) is 20.2 Å². The average molecular weight is 366 g/mol. The Morgan fingerprint density at radius 3 is 2.56 bits per heavy atom. The van der Waals surface area contributed by atoms with E-state index < -0.39 is 21.8 Å². The van der Waals surface area contributed by atoms with E-state index in [2.05, 4.69) is 10.3 Å². The molecule has 0 radical (unpaired) electrons. The lowest BCUT2D eigenvalue weighted by Gasteiger charge is -2.21. The van der Waals surface area contributed by atoms with Gasteiger partial charge in [0.1, 0.15) is 11.6 Å². The van der Waals surface area contributed by atoms with Gasteiger partial charge >= 0.3 is 10.1 Å². The van der Waals surface area contributed by atoms with Gasteiger partial charge in [0.2, 0.25) is 5.88 Å². The molecule has 8 heteroatoms. The number of hydrogen-bond acceptors (Lipinski definition) is 5. The molecule has 0 saturated heterocycles. The minimum Gasteiger partial charge on any atom is -0.361 e. The fraction of sp³-hybridized carbons (Fsp3) is 0.353. The average Bonchev–Trinajstić information content (AvgIpc) is 3.12. The first-order valence-corrected chi connectivity index (χ1v) is 9.78. The fourth-order valence-corrected chi connectivity index (χ4v) is 4.33. The molecule has 2 atom stereocenters. The summed E-state index contributed by atoms with van der Waals surface area (Å²) >= 11 is 0. The van der Waals surface area contributed by atoms with Crippen molar-refractivity contribution in [3.8, 4) is 5.88 Å². The van der Waals surface area contributed by atoms with Crippen LogP contribution in [0.15, 0.2) is 24.4 Å². The zero-order valence-corrected chi connectivity index (χ0v) is 14.2. The highest BCUT2D eigenvalue weighted by molar-refractivity contribution is 7.86. The summed E-state index contributed by atoms with van der Waals surface area (Å²) in [6, 6.07) is 3.31. The van der Waals surface area contributed by atoms with Gasteiger partial charge in [0.15, 0.2) is 0 Å². The minimum absolute atomic E-state index is 0.106. The van der Waals surface area contributed by atoms with Crippen molar-refractivity contribution < 1.29 is 21.4 Å². The maximum atomic E-state index is 14.0. The summed E-state index contributed by atoms with van der Waals surface area (Å²) in [5.74, 6) is -0.787. The van der Waals surface area contributed by atoms with Crippen LogP contribution in [0.25, 0.3) is 0 Å². The monoisotopic (exact) mass is 366 g/mol. The number of halogens is 2. The highest BCUT2D eigenvalue weighted by atomic mass is 32.2. The molecule has 1 aromatic heterocycles. The van der Waals surface area contributed by atoms with Crippen molar-refractivity contribution in [2.75, 3.05) is 11.6 Å². The van der Waals surface area contributed by atoms with Crippen LogP contribution in [0, 0.1) is 11.6 Å². The van der Waals surface area contributed by atoms with Gasteiger partial charge in [0.25, 0.3) is 0 Å². The Morgan fingerprint density at radius 1 is 1.16 bits per heavy atom. The summed E-state index contributed by atoms with van der Waals surface area (Å²) in [6.07, 6.45) is 5.27. The maximum absolute atomic E-state index is 14.0. The molecule has 1 aromatic carbocycles. The third kappa shape index (κ3) is 2.95. The van der Waals surface area contributed by atoms with E-state index in [4.69, 9.17) is 4.18 Å². The van der Waals surface area contributed by atoms with E-state index in [1.165, 1.54) is 18.3 Å². The molecule has 132 valence electrons. The van der Waals surface area contributed by atoms with Crippen LogP contribution >= 0.6 is 0 Å². The van der Waals surface area contributed by atoms with Gasteiger partial charge in [-0.2, -0.15) is 8.42 Å². The van der Waals surface area contributed by atoms with E-state index in [-0.39, 0.29) is 23.4 Å². The Kier molecular flexibility index (Phi) is 3.68. The van der Waals surface area contributed by atoms with Gasteiger partial charge in [-0.25, -0.2) is 13.8 Å². The molecule has 1 N–H and O–H groups in total. The van der Waals surface area contributed by atoms with Crippen LogP contribution in [0.2, 0.25) is 0 Å². The minimum atomic E-state index is -3.68. The van der Waals surface area contributed by atoms with Crippen molar-refractivity contribution >= 4 is 21.5 Å². The molecular formula is C17H16F2N2O3S. The third-order valence-electron chi connectivity index (χ3n) is 4.80. The molecule has 0 spiro atoms. The largest absolute Gasteiger partial charge is 0.361 e. The van der Waals surface area contributed by atoms with Gasteiger partial charge < -0.3 is 9.50 Å². The highest BCUT2D eigenvalue weighted by Gasteiger charge is 2.42. The van der Waals surface area contributed by atoms with Crippen molar-refractivity contribution in [1.29, 1.82) is 0 Å². The van der Waals surface area contributed by atoms with Crippen molar-refractivity contribution in [3.05, 3.63) is 47.2 Å². The van der Waals surface area contributed by atoms with Crippen molar-refractivity contribution in [2.45, 2.75) is 31.1 Å². The third-order valence-corrected chi connectivity index (χ3v) is 5.26. The molecule has 25 heavy (non-hydrogen) atoms. The molecule has 4 rings (SSSR count). The first-order chi connectivity index (χ1) is 11.8. The molecule has 2 aliphatic carbocycles. The standard InChI is InChI=1S/C17H16F2N2O3S/c1-25(22,23)24-17-16-10-3-2-9(6-10)15(16)14(8-20-17)21-13-5-4-11(18)7-12(13)19/h4-5,7-10,21H,2-3,6H2,1H3. The van der Waals surface area contributed by atoms with Crippen LogP contribution < -0.4 is 9.50 Å². The van der Waals surface area contributed by atoms with Gasteiger partial charge in [0, 0.05) is 11.6 Å². The number of anilines is 2. The number of nitrogens with one attached hydrogen (secondary N) is 1. The van der Waals surface area contributed by atoms with Crippen LogP contribution in [-0.4, -0.2) is 19.7 Å². The van der Waals surface area contributed by atoms with Gasteiger partial charge in [-0.05, 0) is 48.8 Å². The number of hydrogen-bond donors (Lipinski definition) is 1. The molecule has 2 bridgehead atoms. The lowest BCUT2D eigenvalue weighted by Crippen LogP contribution is -2.12. The van der Waals surface area contributed by atoms with Crippen molar-refractivity contribution in [1.82, 2.24) is 4.98 Å². The van der Waals surface area contributed by atoms with Crippen LogP contribution in [0.5, 0.6) is 5.88 Å². The summed E-state index contributed by atoms with van der Waals surface area (Å²) < 4.78 is 55.1. The zero-order valence-electron chi connectivity index (χ0n) is 13.4. The normalized spacial score (nSPS) is 21.2. The maximum Gasteiger partial charge on any atom is 0.307 e. The molecular weight excluding hydrogens is 350 g/mol. The summed E-state index contributed by atoms with van der Waals surface area (Å²) in [4.78, 5) is 4.14. The van der Waals surface area contributed by atoms with Gasteiger partial charge in [-0.15, -0.1) is 0 Å². The van der Waals surface area contributed by atoms with E-state index in [9.17, 15) is 17.2 Å². The second-order valence-corrected chi connectivity index (χ2v) is 8.12. The number of fused-ring (bicyclic) bond motifs is 5. The number of nitrogens with zero attached hydrogens (tertiary/aromatic N) is 1. The second-order valence-electron chi connectivity index (χ2n) is 6.55. The van der Waals surface area contributed by atoms with Crippen LogP contribution in [-0.2, 0) is 10.1 Å². The first kappa shape index (κ1) is 16.3. The second kappa shape index (κ2) is 5.66. The molecule has 1 saturated carbocycles. The van der Waals surface area contributed by atoms with E-state index >= 15 is 0 Å². The first-order valence-electron chi connectivity index (χ1n) is 7.96. The zero-order chi connectivity index (χ0) is 17.8. The molecule has 2 aliphatic rings. The smallest absolute Gasteiger partial charge is 0.307 e. The Morgan fingerprint density at radius 2 is 1.88 bits per heavy atom. The van der Waals surface area contributed by atoms with E-state index in [1.807, 2.05) is 0 Å². The van der Waals surface area contributed by atoms with E-state index in [0.717, 1.165) is 42.7 Å². The topological polar surface area (TPSA) is 68.3 Å². The summed E-state index contributed by atoms with van der Waals surface area (Å²) in [5.41, 5.74) is 2.46. The van der Waals surface area contributed by atoms with Crippen LogP contribution in [0.3, 0.4) is 0 Å². The Hall–Kier alpha value is -2.22. The quantitative estimate of drug-likeness (QED) is 0.834. The van der Waals surface area contributed by atoms with Crippen molar-refractivity contribution in [3.63, 3.8) is 0 Å². The Bertz CT molecular complexity index is 963. The summed E-state index contributed by atoms with van der Waals surface area (Å²) in [6.45, 7) is 0. The highest BCUT2D eigenvalue weighted by Crippen LogP contribution is 2.57. The predicted octanol–water partition coefficient (Wildman–Crippen LogP) is 3.81. The van der Waals surface area contributed by atoms with Gasteiger partial charge in [0.05, 0.1) is 23.8 Å². The Labute approximate surface area is 144 Å². The molecule has 5 nitrogen and oxygen atoms in total. The number of aromatic nitrogens is 1. The fourth-order valence-electron chi connectivity index (χ4n) is 3.91. The molecule has 1 fully saturated rings. The number of pyridine rings is 1.